The van der Waals surface area contributed by atoms with Gasteiger partial charge in [0, 0.05) is 20.3 Å². The summed E-state index contributed by atoms with van der Waals surface area (Å²) in [6.45, 7) is 1.91. The van der Waals surface area contributed by atoms with Crippen molar-refractivity contribution in [1.82, 2.24) is 4.98 Å². The van der Waals surface area contributed by atoms with Crippen molar-refractivity contribution in [3.8, 4) is 6.07 Å². The van der Waals surface area contributed by atoms with E-state index in [1.807, 2.05) is 56.3 Å². The molecule has 1 aromatic carbocycles. The molecule has 4 nitrogen and oxygen atoms in total. The van der Waals surface area contributed by atoms with Crippen LogP contribution in [0, 0.1) is 18.3 Å². The number of aromatic nitrogens is 1. The monoisotopic (exact) mass is 252 g/mol. The molecule has 0 atom stereocenters. The molecule has 0 saturated carbocycles. The van der Waals surface area contributed by atoms with Gasteiger partial charge in [-0.25, -0.2) is 4.98 Å². The summed E-state index contributed by atoms with van der Waals surface area (Å²) >= 11 is 0. The van der Waals surface area contributed by atoms with Gasteiger partial charge in [-0.05, 0) is 30.7 Å². The first-order chi connectivity index (χ1) is 9.13. The second kappa shape index (κ2) is 5.40. The Hall–Kier alpha value is -2.54. The maximum absolute atomic E-state index is 9.22. The normalized spacial score (nSPS) is 9.79. The molecule has 2 rings (SSSR count). The lowest BCUT2D eigenvalue weighted by Crippen LogP contribution is -2.11. The molecule has 1 heterocycles. The molecule has 0 spiro atoms. The fourth-order valence-corrected chi connectivity index (χ4v) is 1.89. The van der Waals surface area contributed by atoms with Gasteiger partial charge in [0.1, 0.15) is 11.9 Å². The van der Waals surface area contributed by atoms with E-state index in [1.54, 1.807) is 6.20 Å². The number of hydrogen-bond donors (Lipinski definition) is 1. The Kier molecular flexibility index (Phi) is 3.67. The predicted molar refractivity (Wildman–Crippen MR) is 77.7 cm³/mol. The standard InChI is InChI=1S/C15H16N4/c1-11-8-9-17-15(12(11)10-16)18-13-6-4-5-7-14(13)19(2)3/h4-9H,1-3H3,(H,17,18). The van der Waals surface area contributed by atoms with Gasteiger partial charge >= 0.3 is 0 Å². The molecular weight excluding hydrogens is 236 g/mol. The Morgan fingerprint density at radius 2 is 1.95 bits per heavy atom. The number of nitrogens with zero attached hydrogens (tertiary/aromatic N) is 3. The number of benzene rings is 1. The number of aryl methyl sites for hydroxylation is 1. The van der Waals surface area contributed by atoms with E-state index >= 15 is 0 Å². The Morgan fingerprint density at radius 1 is 1.21 bits per heavy atom. The van der Waals surface area contributed by atoms with Crippen molar-refractivity contribution in [2.24, 2.45) is 0 Å². The molecular formula is C15H16N4. The smallest absolute Gasteiger partial charge is 0.148 e. The molecule has 96 valence electrons. The number of rotatable bonds is 3. The summed E-state index contributed by atoms with van der Waals surface area (Å²) in [5.74, 6) is 0.594. The maximum Gasteiger partial charge on any atom is 0.148 e. The molecule has 2 aromatic rings. The molecule has 0 unspecified atom stereocenters. The molecule has 0 saturated heterocycles. The van der Waals surface area contributed by atoms with Gasteiger partial charge < -0.3 is 10.2 Å². The van der Waals surface area contributed by atoms with E-state index in [-0.39, 0.29) is 0 Å². The van der Waals surface area contributed by atoms with E-state index < -0.39 is 0 Å². The average Bonchev–Trinajstić information content (AvgIpc) is 2.39. The highest BCUT2D eigenvalue weighted by Crippen LogP contribution is 2.28. The third kappa shape index (κ3) is 2.66. The van der Waals surface area contributed by atoms with E-state index in [1.165, 1.54) is 0 Å². The molecule has 1 N–H and O–H groups in total. The van der Waals surface area contributed by atoms with Crippen LogP contribution >= 0.6 is 0 Å². The Labute approximate surface area is 113 Å². The van der Waals surface area contributed by atoms with Gasteiger partial charge in [0.15, 0.2) is 0 Å². The average molecular weight is 252 g/mol. The summed E-state index contributed by atoms with van der Waals surface area (Å²) in [5.41, 5.74) is 3.48. The summed E-state index contributed by atoms with van der Waals surface area (Å²) in [5, 5.41) is 12.5. The van der Waals surface area contributed by atoms with Crippen molar-refractivity contribution in [3.05, 3.63) is 47.7 Å². The van der Waals surface area contributed by atoms with Crippen LogP contribution in [0.1, 0.15) is 11.1 Å². The molecule has 0 aliphatic rings. The number of nitrogens with one attached hydrogen (secondary N) is 1. The summed E-state index contributed by atoms with van der Waals surface area (Å²) in [6.07, 6.45) is 1.71. The molecule has 0 amide bonds. The number of para-hydroxylation sites is 2. The first-order valence-electron chi connectivity index (χ1n) is 6.02. The summed E-state index contributed by atoms with van der Waals surface area (Å²) in [6, 6.07) is 12.0. The second-order valence-corrected chi connectivity index (χ2v) is 4.50. The van der Waals surface area contributed by atoms with Gasteiger partial charge in [-0.3, -0.25) is 0 Å². The van der Waals surface area contributed by atoms with E-state index in [0.29, 0.717) is 11.4 Å². The van der Waals surface area contributed by atoms with Crippen LogP contribution in [0.4, 0.5) is 17.2 Å². The lowest BCUT2D eigenvalue weighted by atomic mass is 10.1. The lowest BCUT2D eigenvalue weighted by Gasteiger charge is -2.18. The minimum absolute atomic E-state index is 0.580. The molecule has 19 heavy (non-hydrogen) atoms. The highest BCUT2D eigenvalue weighted by molar-refractivity contribution is 5.75. The van der Waals surface area contributed by atoms with Gasteiger partial charge in [-0.2, -0.15) is 5.26 Å². The number of anilines is 3. The fourth-order valence-electron chi connectivity index (χ4n) is 1.89. The van der Waals surface area contributed by atoms with Crippen LogP contribution in [0.25, 0.3) is 0 Å². The van der Waals surface area contributed by atoms with Crippen molar-refractivity contribution in [2.45, 2.75) is 6.92 Å². The van der Waals surface area contributed by atoms with Crippen LogP contribution in [-0.4, -0.2) is 19.1 Å². The molecule has 4 heteroatoms. The lowest BCUT2D eigenvalue weighted by molar-refractivity contribution is 1.13. The SMILES string of the molecule is Cc1ccnc(Nc2ccccc2N(C)C)c1C#N. The molecule has 0 bridgehead atoms. The summed E-state index contributed by atoms with van der Waals surface area (Å²) in [4.78, 5) is 6.27. The molecule has 1 aromatic heterocycles. The van der Waals surface area contributed by atoms with E-state index in [2.05, 4.69) is 16.4 Å². The third-order valence-corrected chi connectivity index (χ3v) is 2.91. The fraction of sp³-hybridized carbons (Fsp3) is 0.200. The van der Waals surface area contributed by atoms with Crippen LogP contribution in [-0.2, 0) is 0 Å². The second-order valence-electron chi connectivity index (χ2n) is 4.50. The molecule has 0 fully saturated rings. The Balaban J connectivity index is 2.43. The van der Waals surface area contributed by atoms with E-state index in [0.717, 1.165) is 16.9 Å². The first kappa shape index (κ1) is 12.9. The van der Waals surface area contributed by atoms with Crippen molar-refractivity contribution in [1.29, 1.82) is 5.26 Å². The van der Waals surface area contributed by atoms with Crippen LogP contribution in [0.5, 0.6) is 0 Å². The number of nitriles is 1. The van der Waals surface area contributed by atoms with E-state index in [9.17, 15) is 5.26 Å². The van der Waals surface area contributed by atoms with Crippen molar-refractivity contribution in [2.75, 3.05) is 24.3 Å². The van der Waals surface area contributed by atoms with Gasteiger partial charge in [-0.15, -0.1) is 0 Å². The Morgan fingerprint density at radius 3 is 2.63 bits per heavy atom. The van der Waals surface area contributed by atoms with Crippen molar-refractivity contribution in [3.63, 3.8) is 0 Å². The van der Waals surface area contributed by atoms with Gasteiger partial charge in [0.05, 0.1) is 16.9 Å². The zero-order valence-electron chi connectivity index (χ0n) is 11.3. The van der Waals surface area contributed by atoms with Gasteiger partial charge in [0.25, 0.3) is 0 Å². The number of pyridine rings is 1. The van der Waals surface area contributed by atoms with Gasteiger partial charge in [0.2, 0.25) is 0 Å². The number of hydrogen-bond acceptors (Lipinski definition) is 4. The summed E-state index contributed by atoms with van der Waals surface area (Å²) < 4.78 is 0. The van der Waals surface area contributed by atoms with Gasteiger partial charge in [-0.1, -0.05) is 12.1 Å². The van der Waals surface area contributed by atoms with Crippen LogP contribution in [0.3, 0.4) is 0 Å². The molecule has 0 aliphatic carbocycles. The third-order valence-electron chi connectivity index (χ3n) is 2.91. The largest absolute Gasteiger partial charge is 0.376 e. The maximum atomic E-state index is 9.22. The van der Waals surface area contributed by atoms with Crippen LogP contribution in [0.15, 0.2) is 36.5 Å². The molecule has 0 radical (unpaired) electrons. The Bertz CT molecular complexity index is 626. The molecule has 0 aliphatic heterocycles. The quantitative estimate of drug-likeness (QED) is 0.912. The van der Waals surface area contributed by atoms with Crippen LogP contribution < -0.4 is 10.2 Å². The minimum atomic E-state index is 0.580. The first-order valence-corrected chi connectivity index (χ1v) is 6.02. The highest BCUT2D eigenvalue weighted by Gasteiger charge is 2.09. The summed E-state index contributed by atoms with van der Waals surface area (Å²) in [7, 11) is 3.96. The zero-order chi connectivity index (χ0) is 13.8. The van der Waals surface area contributed by atoms with Crippen molar-refractivity contribution >= 4 is 17.2 Å². The van der Waals surface area contributed by atoms with E-state index in [4.69, 9.17) is 0 Å². The van der Waals surface area contributed by atoms with Crippen LogP contribution in [0.2, 0.25) is 0 Å². The highest BCUT2D eigenvalue weighted by atomic mass is 15.1. The topological polar surface area (TPSA) is 52.0 Å². The predicted octanol–water partition coefficient (Wildman–Crippen LogP) is 3.07. The zero-order valence-corrected chi connectivity index (χ0v) is 11.3. The minimum Gasteiger partial charge on any atom is -0.376 e. The van der Waals surface area contributed by atoms with Crippen molar-refractivity contribution < 1.29 is 0 Å².